The van der Waals surface area contributed by atoms with Crippen LogP contribution in [0, 0.1) is 23.7 Å². The average Bonchev–Trinajstić information content (AvgIpc) is 1.54. The van der Waals surface area contributed by atoms with Gasteiger partial charge < -0.3 is 90.6 Å². The molecule has 12 rings (SSSR count). The number of phenolic OH excluding ortho intramolecular Hbond substituents is 1. The molecule has 4 aromatic heterocycles. The van der Waals surface area contributed by atoms with Crippen molar-refractivity contribution in [2.24, 2.45) is 23.7 Å². The van der Waals surface area contributed by atoms with Crippen LogP contribution in [-0.4, -0.2) is 135 Å². The Balaban J connectivity index is 0.000000177. The molecule has 0 aliphatic carbocycles. The Morgan fingerprint density at radius 3 is 0.871 bits per heavy atom. The zero-order chi connectivity index (χ0) is 85.0. The first kappa shape index (κ1) is 89.1. The number of ketones is 3. The van der Waals surface area contributed by atoms with E-state index < -0.39 is 45.6 Å². The fourth-order valence-corrected chi connectivity index (χ4v) is 14.2. The van der Waals surface area contributed by atoms with Crippen molar-refractivity contribution < 1.29 is 91.5 Å². The molecule has 0 saturated carbocycles. The van der Waals surface area contributed by atoms with Gasteiger partial charge in [0.15, 0.2) is 21.7 Å². The van der Waals surface area contributed by atoms with E-state index in [1.165, 1.54) is 83.2 Å². The van der Waals surface area contributed by atoms with Crippen LogP contribution in [0.3, 0.4) is 0 Å². The molecule has 4 atom stereocenters. The number of carboxylic acid groups (broad SMARTS) is 2. The normalized spacial score (nSPS) is 15.1. The average molecular weight is 1680 g/mol. The van der Waals surface area contributed by atoms with Crippen molar-refractivity contribution in [3.63, 3.8) is 0 Å². The quantitative estimate of drug-likeness (QED) is 0.0395. The highest BCUT2D eigenvalue weighted by Gasteiger charge is 2.34. The number of aromatic hydroxyl groups is 1. The number of ether oxygens (including phenoxy) is 9. The molecule has 3 N–H and O–H groups in total. The predicted molar refractivity (Wildman–Crippen MR) is 437 cm³/mol. The number of esters is 2. The van der Waals surface area contributed by atoms with E-state index in [9.17, 15) is 68.1 Å². The molecule has 0 amide bonds. The number of fused-ring (bicyclic) bond motifs is 12. The van der Waals surface area contributed by atoms with E-state index in [0.717, 1.165) is 0 Å². The summed E-state index contributed by atoms with van der Waals surface area (Å²) in [6.07, 6.45) is 8.84. The maximum absolute atomic E-state index is 12.6. The summed E-state index contributed by atoms with van der Waals surface area (Å²) in [6, 6.07) is 17.9. The molecule has 0 spiro atoms. The molecule has 116 heavy (non-hydrogen) atoms. The first-order valence-electron chi connectivity index (χ1n) is 37.5. The molecule has 0 bridgehead atoms. The smallest absolute Gasteiger partial charge is 0.343 e. The number of rotatable bonds is 23. The van der Waals surface area contributed by atoms with Gasteiger partial charge in [-0.3, -0.25) is 19.2 Å². The first-order valence-corrected chi connectivity index (χ1v) is 39.0. The van der Waals surface area contributed by atoms with E-state index >= 15 is 0 Å². The van der Waals surface area contributed by atoms with Gasteiger partial charge in [0.05, 0.1) is 101 Å². The first-order chi connectivity index (χ1) is 54.9. The summed E-state index contributed by atoms with van der Waals surface area (Å²) in [5.74, 6) is 0.167. The summed E-state index contributed by atoms with van der Waals surface area (Å²) >= 11 is 25.3. The number of pyridine rings is 4. The highest BCUT2D eigenvalue weighted by Crippen LogP contribution is 2.47. The minimum Gasteiger partial charge on any atom is -0.506 e. The van der Waals surface area contributed by atoms with Gasteiger partial charge in [0.1, 0.15) is 112 Å². The van der Waals surface area contributed by atoms with Crippen molar-refractivity contribution in [2.75, 3.05) is 60.5 Å². The number of carbonyl (C=O) groups excluding carboxylic acids is 5. The maximum atomic E-state index is 12.6. The van der Waals surface area contributed by atoms with Gasteiger partial charge >= 0.3 is 23.9 Å². The number of Topliss-reactive ketones (excluding diaryl/α,β-unsaturated/α-hetero) is 3. The zero-order valence-electron chi connectivity index (χ0n) is 66.4. The number of carbonyl (C=O) groups is 7. The number of halogens is 4. The third kappa shape index (κ3) is 21.0. The van der Waals surface area contributed by atoms with Crippen molar-refractivity contribution in [3.8, 4) is 91.0 Å². The minimum atomic E-state index is -1.27. The number of carboxylic acids is 2. The number of methoxy groups -OCH3 is 2. The molecule has 0 fully saturated rings. The van der Waals surface area contributed by atoms with Gasteiger partial charge in [-0.15, -0.1) is 0 Å². The van der Waals surface area contributed by atoms with Crippen LogP contribution in [0.15, 0.2) is 117 Å². The van der Waals surface area contributed by atoms with Crippen molar-refractivity contribution in [1.29, 1.82) is 0 Å². The van der Waals surface area contributed by atoms with E-state index in [1.54, 1.807) is 58.5 Å². The lowest BCUT2D eigenvalue weighted by Crippen LogP contribution is -2.26. The molecular formula is C85H92Cl4N4O23. The minimum absolute atomic E-state index is 0.0307. The van der Waals surface area contributed by atoms with Gasteiger partial charge in [-0.2, -0.15) is 0 Å². The number of hydrogen-bond acceptors (Lipinski definition) is 21. The Kier molecular flexibility index (Phi) is 30.1. The number of benzene rings is 4. The monoisotopic (exact) mass is 1680 g/mol. The van der Waals surface area contributed by atoms with Crippen LogP contribution in [0.25, 0.3) is 45.0 Å². The predicted octanol–water partition coefficient (Wildman–Crippen LogP) is 16.0. The Hall–Kier alpha value is -10.9. The van der Waals surface area contributed by atoms with E-state index in [2.05, 4.69) is 0 Å². The van der Waals surface area contributed by atoms with E-state index in [1.807, 2.05) is 64.5 Å². The van der Waals surface area contributed by atoms with E-state index in [-0.39, 0.29) is 98.2 Å². The molecule has 4 aliphatic rings. The summed E-state index contributed by atoms with van der Waals surface area (Å²) in [6.45, 7) is 23.0. The van der Waals surface area contributed by atoms with Gasteiger partial charge in [-0.25, -0.2) is 19.2 Å². The molecule has 4 aromatic carbocycles. The Labute approximate surface area is 688 Å². The summed E-state index contributed by atoms with van der Waals surface area (Å²) in [5.41, 5.74) is 1.98. The molecule has 31 heteroatoms. The SMILES string of the molecule is CC(=O)CCCOc1cc2c(cc1Cl)-c1cc(=O)c(C(=O)O)cn1[C@H](C(C)C)CO2.CC(=O)CCCOc1cc2c(cc1Cl)-c1cc(=O)c(C(=O)O)cn1[C@H](C(C)C)CO2.COC(=O)c1cn2c(cc1=O)-c1cc(Cl)c(O)cc1OC[C@H]2C(C)C.COC(=O)c1cn2c(cc1=O)-c1cc(Cl)c(OCCCC(C)=O)cc1OC[C@H]2C(C)C. The number of aromatic carboxylic acids is 2. The van der Waals surface area contributed by atoms with Gasteiger partial charge in [0, 0.05) is 115 Å². The van der Waals surface area contributed by atoms with Gasteiger partial charge in [-0.05, 0) is 88.0 Å². The topological polar surface area (TPSA) is 351 Å². The molecular weight excluding hydrogens is 1590 g/mol. The molecule has 27 nitrogen and oxygen atoms in total. The number of phenols is 1. The van der Waals surface area contributed by atoms with Gasteiger partial charge in [0.25, 0.3) is 0 Å². The molecule has 8 heterocycles. The number of aromatic nitrogens is 4. The molecule has 0 saturated heterocycles. The molecule has 0 radical (unpaired) electrons. The second-order valence-electron chi connectivity index (χ2n) is 29.6. The van der Waals surface area contributed by atoms with E-state index in [0.29, 0.717) is 185 Å². The summed E-state index contributed by atoms with van der Waals surface area (Å²) in [4.78, 5) is 130. The molecule has 0 unspecified atom stereocenters. The molecule has 4 aliphatic heterocycles. The van der Waals surface area contributed by atoms with Gasteiger partial charge in [0.2, 0.25) is 0 Å². The van der Waals surface area contributed by atoms with Crippen LogP contribution in [0.1, 0.15) is 180 Å². The standard InChI is InChI=1S/C23H26ClNO6.2C22H24ClNO6.C18H18ClNO5/c1-13(2)19-12-31-21-10-22(30-7-5-6-14(3)26)17(24)8-15(21)18-9-20(27)16(11-25(18)19)23(28)29-4;2*1-12(2)18-11-30-20-9-21(29-6-4-5-13(3)25)16(23)7-14(20)17-8-19(26)15(22(27)28)10-24(17)18;1-9(2)14-8-25-17-6-16(22)12(19)4-10(17)13-5-15(21)11(7-20(13)14)18(23)24-3/h8-11,13,19H,5-7,12H2,1-4H3;2*7-10,12,18H,4-6,11H2,1-3H3,(H,27,28);4-7,9,14,22H,8H2,1-3H3/t19-;2*18-;14-/m0000/s1. The summed E-state index contributed by atoms with van der Waals surface area (Å²) in [5, 5.41) is 29.8. The Bertz CT molecular complexity index is 5180. The summed E-state index contributed by atoms with van der Waals surface area (Å²) in [7, 11) is 2.48. The Morgan fingerprint density at radius 1 is 0.388 bits per heavy atom. The van der Waals surface area contributed by atoms with Crippen LogP contribution in [0.4, 0.5) is 0 Å². The summed E-state index contributed by atoms with van der Waals surface area (Å²) < 4.78 is 57.9. The van der Waals surface area contributed by atoms with Crippen molar-refractivity contribution in [2.45, 2.75) is 139 Å². The van der Waals surface area contributed by atoms with Crippen molar-refractivity contribution >= 4 is 87.6 Å². The largest absolute Gasteiger partial charge is 0.506 e. The Morgan fingerprint density at radius 2 is 0.629 bits per heavy atom. The van der Waals surface area contributed by atoms with Crippen LogP contribution in [0.5, 0.6) is 46.0 Å². The molecule has 8 aromatic rings. The second-order valence-corrected chi connectivity index (χ2v) is 31.2. The zero-order valence-corrected chi connectivity index (χ0v) is 69.4. The van der Waals surface area contributed by atoms with Crippen molar-refractivity contribution in [3.05, 3.63) is 181 Å². The number of hydrogen-bond donors (Lipinski definition) is 3. The third-order valence-electron chi connectivity index (χ3n) is 19.8. The van der Waals surface area contributed by atoms with Crippen molar-refractivity contribution in [1.82, 2.24) is 18.3 Å². The van der Waals surface area contributed by atoms with Gasteiger partial charge in [-0.1, -0.05) is 102 Å². The second kappa shape index (κ2) is 39.2. The highest BCUT2D eigenvalue weighted by atomic mass is 35.5. The van der Waals surface area contributed by atoms with Crippen LogP contribution < -0.4 is 54.9 Å². The fourth-order valence-electron chi connectivity index (χ4n) is 13.4. The fraction of sp³-hybridized carbons (Fsp3) is 0.400. The van der Waals surface area contributed by atoms with Crippen LogP contribution in [-0.2, 0) is 23.9 Å². The number of nitrogens with zero attached hydrogens (tertiary/aromatic N) is 4. The lowest BCUT2D eigenvalue weighted by molar-refractivity contribution is -0.118. The van der Waals surface area contributed by atoms with E-state index in [4.69, 9.17) is 89.0 Å². The van der Waals surface area contributed by atoms with Crippen LogP contribution in [0.2, 0.25) is 20.1 Å². The van der Waals surface area contributed by atoms with Crippen LogP contribution >= 0.6 is 46.4 Å². The highest BCUT2D eigenvalue weighted by molar-refractivity contribution is 6.33. The maximum Gasteiger partial charge on any atom is 0.343 e. The lowest BCUT2D eigenvalue weighted by atomic mass is 10.0. The lowest BCUT2D eigenvalue weighted by Gasteiger charge is -2.24. The third-order valence-corrected chi connectivity index (χ3v) is 21.0. The molecule has 618 valence electrons.